The first kappa shape index (κ1) is 35.5. The maximum atomic E-state index is 4.96. The van der Waals surface area contributed by atoms with Gasteiger partial charge in [-0.05, 0) is 89.0 Å². The van der Waals surface area contributed by atoms with E-state index in [4.69, 9.17) is 15.0 Å². The Bertz CT molecular complexity index is 3540. The van der Waals surface area contributed by atoms with Crippen LogP contribution in [-0.4, -0.2) is 24.1 Å². The zero-order chi connectivity index (χ0) is 41.0. The molecule has 290 valence electrons. The maximum absolute atomic E-state index is 4.96. The number of hydrogen-bond acceptors (Lipinski definition) is 3. The number of nitrogens with zero attached hydrogens (tertiary/aromatic N) is 5. The predicted octanol–water partition coefficient (Wildman–Crippen LogP) is 14.4. The van der Waals surface area contributed by atoms with Crippen molar-refractivity contribution in [2.24, 2.45) is 0 Å². The zero-order valence-corrected chi connectivity index (χ0v) is 33.6. The van der Waals surface area contributed by atoms with Crippen LogP contribution in [0.3, 0.4) is 0 Å². The Balaban J connectivity index is 0.972. The highest BCUT2D eigenvalue weighted by molar-refractivity contribution is 6.13. The predicted molar refractivity (Wildman–Crippen MR) is 256 cm³/mol. The van der Waals surface area contributed by atoms with E-state index in [2.05, 4.69) is 173 Å². The van der Waals surface area contributed by atoms with Crippen LogP contribution in [0.15, 0.2) is 224 Å². The van der Waals surface area contributed by atoms with Crippen LogP contribution >= 0.6 is 0 Å². The molecule has 0 aliphatic heterocycles. The van der Waals surface area contributed by atoms with Crippen LogP contribution in [0.5, 0.6) is 0 Å². The summed E-state index contributed by atoms with van der Waals surface area (Å²) in [5, 5.41) is 4.89. The summed E-state index contributed by atoms with van der Waals surface area (Å²) in [6.07, 6.45) is 0. The summed E-state index contributed by atoms with van der Waals surface area (Å²) in [6, 6.07) is 79.5. The quantitative estimate of drug-likeness (QED) is 0.162. The lowest BCUT2D eigenvalue weighted by molar-refractivity contribution is 1.07. The van der Waals surface area contributed by atoms with E-state index in [1.807, 2.05) is 60.7 Å². The van der Waals surface area contributed by atoms with Crippen LogP contribution in [0.25, 0.3) is 111 Å². The minimum absolute atomic E-state index is 0.640. The Morgan fingerprint density at radius 2 is 0.532 bits per heavy atom. The van der Waals surface area contributed by atoms with Gasteiger partial charge < -0.3 is 9.13 Å². The molecule has 0 radical (unpaired) electrons. The Morgan fingerprint density at radius 3 is 0.984 bits per heavy atom. The molecular formula is C57H37N5. The molecule has 62 heavy (non-hydrogen) atoms. The molecule has 0 N–H and O–H groups in total. The smallest absolute Gasteiger partial charge is 0.164 e. The molecule has 0 fully saturated rings. The van der Waals surface area contributed by atoms with Gasteiger partial charge in [-0.15, -0.1) is 0 Å². The van der Waals surface area contributed by atoms with Gasteiger partial charge >= 0.3 is 0 Å². The third-order valence-corrected chi connectivity index (χ3v) is 12.0. The summed E-state index contributed by atoms with van der Waals surface area (Å²) in [5.74, 6) is 1.94. The van der Waals surface area contributed by atoms with Crippen LogP contribution < -0.4 is 0 Å². The summed E-state index contributed by atoms with van der Waals surface area (Å²) >= 11 is 0. The summed E-state index contributed by atoms with van der Waals surface area (Å²) in [7, 11) is 0. The number of rotatable bonds is 7. The van der Waals surface area contributed by atoms with E-state index in [1.165, 1.54) is 49.2 Å². The normalized spacial score (nSPS) is 11.5. The Hall–Kier alpha value is -8.41. The van der Waals surface area contributed by atoms with Gasteiger partial charge in [0.2, 0.25) is 0 Å². The second-order valence-electron chi connectivity index (χ2n) is 15.7. The van der Waals surface area contributed by atoms with Crippen LogP contribution in [0.2, 0.25) is 0 Å². The van der Waals surface area contributed by atoms with Crippen LogP contribution in [0, 0.1) is 0 Å². The van der Waals surface area contributed by atoms with Crippen molar-refractivity contribution < 1.29 is 0 Å². The van der Waals surface area contributed by atoms with Gasteiger partial charge in [-0.25, -0.2) is 15.0 Å². The van der Waals surface area contributed by atoms with Gasteiger partial charge in [-0.1, -0.05) is 158 Å². The molecule has 9 aromatic carbocycles. The van der Waals surface area contributed by atoms with Gasteiger partial charge in [-0.2, -0.15) is 0 Å². The topological polar surface area (TPSA) is 48.5 Å². The van der Waals surface area contributed by atoms with Gasteiger partial charge in [0.25, 0.3) is 0 Å². The first-order valence-corrected chi connectivity index (χ1v) is 20.9. The van der Waals surface area contributed by atoms with Crippen molar-refractivity contribution in [2.45, 2.75) is 0 Å². The molecule has 0 saturated heterocycles. The van der Waals surface area contributed by atoms with Crippen molar-refractivity contribution in [3.63, 3.8) is 0 Å². The first-order chi connectivity index (χ1) is 30.7. The SMILES string of the molecule is c1ccc(-c2nc(-c3ccccc3)nc(-c3ccc(-c4ccc5c(c4)c4cc(-c6ccc7c(c6)c6ccccc6n7-c6ccccc6)ccc4n5-c4ccccc4)cc3)n2)cc1. The molecule has 0 aliphatic rings. The monoisotopic (exact) mass is 791 g/mol. The van der Waals surface area contributed by atoms with Crippen LogP contribution in [0.4, 0.5) is 0 Å². The molecular weight excluding hydrogens is 755 g/mol. The van der Waals surface area contributed by atoms with Gasteiger partial charge in [0.1, 0.15) is 0 Å². The van der Waals surface area contributed by atoms with Crippen molar-refractivity contribution in [3.05, 3.63) is 224 Å². The molecule has 3 aromatic heterocycles. The van der Waals surface area contributed by atoms with Crippen molar-refractivity contribution in [3.8, 4) is 67.8 Å². The highest BCUT2D eigenvalue weighted by atomic mass is 15.0. The lowest BCUT2D eigenvalue weighted by atomic mass is 9.99. The van der Waals surface area contributed by atoms with E-state index >= 15 is 0 Å². The van der Waals surface area contributed by atoms with Gasteiger partial charge in [-0.3, -0.25) is 0 Å². The van der Waals surface area contributed by atoms with E-state index in [0.29, 0.717) is 17.5 Å². The van der Waals surface area contributed by atoms with Crippen molar-refractivity contribution in [1.82, 2.24) is 24.1 Å². The summed E-state index contributed by atoms with van der Waals surface area (Å²) in [6.45, 7) is 0. The van der Waals surface area contributed by atoms with Gasteiger partial charge in [0.05, 0.1) is 22.1 Å². The van der Waals surface area contributed by atoms with Crippen LogP contribution in [0.1, 0.15) is 0 Å². The molecule has 0 atom stereocenters. The zero-order valence-electron chi connectivity index (χ0n) is 33.6. The van der Waals surface area contributed by atoms with Gasteiger partial charge in [0, 0.05) is 49.6 Å². The summed E-state index contributed by atoms with van der Waals surface area (Å²) < 4.78 is 4.75. The minimum atomic E-state index is 0.640. The highest BCUT2D eigenvalue weighted by Crippen LogP contribution is 2.40. The fourth-order valence-electron chi connectivity index (χ4n) is 8.99. The first-order valence-electron chi connectivity index (χ1n) is 20.9. The fourth-order valence-corrected chi connectivity index (χ4v) is 8.99. The molecule has 12 rings (SSSR count). The van der Waals surface area contributed by atoms with E-state index in [1.54, 1.807) is 0 Å². The summed E-state index contributed by atoms with van der Waals surface area (Å²) in [5.41, 5.74) is 14.5. The molecule has 0 amide bonds. The number of hydrogen-bond donors (Lipinski definition) is 0. The molecule has 3 heterocycles. The van der Waals surface area contributed by atoms with E-state index in [-0.39, 0.29) is 0 Å². The van der Waals surface area contributed by atoms with E-state index in [0.717, 1.165) is 44.7 Å². The van der Waals surface area contributed by atoms with Crippen LogP contribution in [-0.2, 0) is 0 Å². The van der Waals surface area contributed by atoms with Crippen molar-refractivity contribution >= 4 is 43.6 Å². The lowest BCUT2D eigenvalue weighted by Crippen LogP contribution is -2.00. The Morgan fingerprint density at radius 1 is 0.226 bits per heavy atom. The molecule has 12 aromatic rings. The Kier molecular flexibility index (Phi) is 8.42. The number of aromatic nitrogens is 5. The van der Waals surface area contributed by atoms with E-state index < -0.39 is 0 Å². The standard InChI is InChI=1S/C57H37N5/c1-5-15-39(16-6-1)55-58-56(40-17-7-2-8-18-40)60-57(59-55)41-27-25-38(26-28-41)42-29-32-53-49(35-42)50-37-44(31-34-54(50)62(53)46-21-11-4-12-22-46)43-30-33-52-48(36-43)47-23-13-14-24-51(47)61(52)45-19-9-3-10-20-45/h1-37H. The third-order valence-electron chi connectivity index (χ3n) is 12.0. The molecule has 5 nitrogen and oxygen atoms in total. The molecule has 0 bridgehead atoms. The molecule has 0 saturated carbocycles. The Labute approximate surface area is 358 Å². The fraction of sp³-hybridized carbons (Fsp3) is 0. The number of benzene rings is 9. The second kappa shape index (κ2) is 14.7. The molecule has 0 unspecified atom stereocenters. The van der Waals surface area contributed by atoms with Crippen molar-refractivity contribution in [2.75, 3.05) is 0 Å². The minimum Gasteiger partial charge on any atom is -0.309 e. The van der Waals surface area contributed by atoms with Crippen molar-refractivity contribution in [1.29, 1.82) is 0 Å². The average molecular weight is 792 g/mol. The largest absolute Gasteiger partial charge is 0.309 e. The van der Waals surface area contributed by atoms with Gasteiger partial charge in [0.15, 0.2) is 17.5 Å². The summed E-state index contributed by atoms with van der Waals surface area (Å²) in [4.78, 5) is 14.8. The lowest BCUT2D eigenvalue weighted by Gasteiger charge is -2.10. The second-order valence-corrected chi connectivity index (χ2v) is 15.7. The molecule has 0 aliphatic carbocycles. The molecule has 0 spiro atoms. The average Bonchev–Trinajstić information content (AvgIpc) is 3.87. The molecule has 5 heteroatoms. The highest BCUT2D eigenvalue weighted by Gasteiger charge is 2.18. The van der Waals surface area contributed by atoms with E-state index in [9.17, 15) is 0 Å². The third kappa shape index (κ3) is 6.06. The maximum Gasteiger partial charge on any atom is 0.164 e. The number of fused-ring (bicyclic) bond motifs is 6. The number of para-hydroxylation sites is 3.